The van der Waals surface area contributed by atoms with Crippen molar-refractivity contribution < 1.29 is 4.79 Å². The summed E-state index contributed by atoms with van der Waals surface area (Å²) >= 11 is 0. The van der Waals surface area contributed by atoms with Crippen LogP contribution in [0.15, 0.2) is 24.5 Å². The van der Waals surface area contributed by atoms with Crippen molar-refractivity contribution in [2.24, 2.45) is 0 Å². The number of pyridine rings is 1. The minimum atomic E-state index is 0.196. The Balaban J connectivity index is 1.79. The SMILES string of the molecule is CNC1(C)CCN(C(=O)CCc2ccncc2)CC1. The van der Waals surface area contributed by atoms with Crippen LogP contribution in [-0.2, 0) is 11.2 Å². The topological polar surface area (TPSA) is 45.2 Å². The summed E-state index contributed by atoms with van der Waals surface area (Å²) in [7, 11) is 2.00. The maximum Gasteiger partial charge on any atom is 0.222 e. The fraction of sp³-hybridized carbons (Fsp3) is 0.600. The molecular formula is C15H23N3O. The molecule has 1 N–H and O–H groups in total. The van der Waals surface area contributed by atoms with E-state index < -0.39 is 0 Å². The molecule has 0 spiro atoms. The minimum Gasteiger partial charge on any atom is -0.343 e. The molecule has 0 radical (unpaired) electrons. The molecule has 4 heteroatoms. The van der Waals surface area contributed by atoms with Gasteiger partial charge in [-0.05, 0) is 50.9 Å². The van der Waals surface area contributed by atoms with Crippen molar-refractivity contribution >= 4 is 5.91 Å². The molecule has 19 heavy (non-hydrogen) atoms. The summed E-state index contributed by atoms with van der Waals surface area (Å²) in [5.41, 5.74) is 1.38. The van der Waals surface area contributed by atoms with Gasteiger partial charge in [0.2, 0.25) is 5.91 Å². The van der Waals surface area contributed by atoms with Crippen LogP contribution in [0.25, 0.3) is 0 Å². The normalized spacial score (nSPS) is 18.3. The Labute approximate surface area is 115 Å². The lowest BCUT2D eigenvalue weighted by Crippen LogP contribution is -2.51. The maximum absolute atomic E-state index is 12.2. The van der Waals surface area contributed by atoms with Crippen molar-refractivity contribution in [1.82, 2.24) is 15.2 Å². The second-order valence-corrected chi connectivity index (χ2v) is 5.55. The summed E-state index contributed by atoms with van der Waals surface area (Å²) in [4.78, 5) is 18.1. The predicted octanol–water partition coefficient (Wildman–Crippen LogP) is 1.61. The van der Waals surface area contributed by atoms with Crippen LogP contribution >= 0.6 is 0 Å². The predicted molar refractivity (Wildman–Crippen MR) is 75.8 cm³/mol. The van der Waals surface area contributed by atoms with Crippen LogP contribution in [0.4, 0.5) is 0 Å². The fourth-order valence-electron chi connectivity index (χ4n) is 2.46. The summed E-state index contributed by atoms with van der Waals surface area (Å²) < 4.78 is 0. The zero-order chi connectivity index (χ0) is 13.7. The van der Waals surface area contributed by atoms with E-state index in [0.29, 0.717) is 6.42 Å². The third-order valence-corrected chi connectivity index (χ3v) is 4.20. The van der Waals surface area contributed by atoms with Crippen molar-refractivity contribution in [2.45, 2.75) is 38.1 Å². The van der Waals surface area contributed by atoms with Gasteiger partial charge in [-0.3, -0.25) is 9.78 Å². The molecule has 1 amide bonds. The molecule has 1 aliphatic rings. The molecule has 0 aliphatic carbocycles. The number of carbonyl (C=O) groups excluding carboxylic acids is 1. The van der Waals surface area contributed by atoms with Gasteiger partial charge in [-0.25, -0.2) is 0 Å². The maximum atomic E-state index is 12.2. The number of nitrogens with one attached hydrogen (secondary N) is 1. The molecule has 0 atom stereocenters. The smallest absolute Gasteiger partial charge is 0.222 e. The zero-order valence-electron chi connectivity index (χ0n) is 11.9. The minimum absolute atomic E-state index is 0.196. The van der Waals surface area contributed by atoms with E-state index in [1.807, 2.05) is 24.1 Å². The number of aryl methyl sites for hydroxylation is 1. The summed E-state index contributed by atoms with van der Waals surface area (Å²) in [6, 6.07) is 3.95. The molecule has 1 fully saturated rings. The highest BCUT2D eigenvalue weighted by Crippen LogP contribution is 2.21. The molecule has 0 unspecified atom stereocenters. The van der Waals surface area contributed by atoms with Gasteiger partial charge in [-0.15, -0.1) is 0 Å². The first-order chi connectivity index (χ1) is 9.13. The van der Waals surface area contributed by atoms with Gasteiger partial charge in [0.15, 0.2) is 0 Å². The van der Waals surface area contributed by atoms with Gasteiger partial charge in [-0.2, -0.15) is 0 Å². The molecule has 1 aliphatic heterocycles. The summed E-state index contributed by atoms with van der Waals surface area (Å²) in [6.07, 6.45) is 7.02. The number of piperidine rings is 1. The quantitative estimate of drug-likeness (QED) is 0.895. The van der Waals surface area contributed by atoms with Crippen molar-refractivity contribution in [1.29, 1.82) is 0 Å². The van der Waals surface area contributed by atoms with E-state index in [1.165, 1.54) is 5.56 Å². The van der Waals surface area contributed by atoms with E-state index in [9.17, 15) is 4.79 Å². The van der Waals surface area contributed by atoms with E-state index in [1.54, 1.807) is 12.4 Å². The van der Waals surface area contributed by atoms with Crippen LogP contribution in [0, 0.1) is 0 Å². The van der Waals surface area contributed by atoms with Crippen LogP contribution in [0.2, 0.25) is 0 Å². The number of amides is 1. The molecule has 1 saturated heterocycles. The second-order valence-electron chi connectivity index (χ2n) is 5.55. The van der Waals surface area contributed by atoms with Gasteiger partial charge < -0.3 is 10.2 Å². The number of hydrogen-bond donors (Lipinski definition) is 1. The van der Waals surface area contributed by atoms with Crippen LogP contribution < -0.4 is 5.32 Å². The van der Waals surface area contributed by atoms with E-state index in [4.69, 9.17) is 0 Å². The Morgan fingerprint density at radius 2 is 2.00 bits per heavy atom. The first kappa shape index (κ1) is 14.0. The van der Waals surface area contributed by atoms with Gasteiger partial charge >= 0.3 is 0 Å². The molecule has 1 aromatic rings. The molecule has 2 rings (SSSR count). The molecular weight excluding hydrogens is 238 g/mol. The highest BCUT2D eigenvalue weighted by Gasteiger charge is 2.29. The highest BCUT2D eigenvalue weighted by molar-refractivity contribution is 5.76. The van der Waals surface area contributed by atoms with Gasteiger partial charge in [0.1, 0.15) is 0 Å². The average molecular weight is 261 g/mol. The third kappa shape index (κ3) is 3.77. The first-order valence-corrected chi connectivity index (χ1v) is 6.98. The van der Waals surface area contributed by atoms with Gasteiger partial charge in [-0.1, -0.05) is 0 Å². The molecule has 1 aromatic heterocycles. The first-order valence-electron chi connectivity index (χ1n) is 6.98. The van der Waals surface area contributed by atoms with Gasteiger partial charge in [0, 0.05) is 37.4 Å². The van der Waals surface area contributed by atoms with Crippen molar-refractivity contribution in [3.05, 3.63) is 30.1 Å². The lowest BCUT2D eigenvalue weighted by molar-refractivity contribution is -0.132. The van der Waals surface area contributed by atoms with Gasteiger partial charge in [0.05, 0.1) is 0 Å². The van der Waals surface area contributed by atoms with E-state index in [-0.39, 0.29) is 11.4 Å². The molecule has 0 saturated carbocycles. The Bertz CT molecular complexity index is 411. The second kappa shape index (κ2) is 6.15. The number of aromatic nitrogens is 1. The van der Waals surface area contributed by atoms with Crippen LogP contribution in [0.1, 0.15) is 31.7 Å². The number of rotatable bonds is 4. The summed E-state index contributed by atoms with van der Waals surface area (Å²) in [5.74, 6) is 0.273. The van der Waals surface area contributed by atoms with E-state index >= 15 is 0 Å². The number of likely N-dealkylation sites (tertiary alicyclic amines) is 1. The zero-order valence-corrected chi connectivity index (χ0v) is 11.9. The summed E-state index contributed by atoms with van der Waals surface area (Å²) in [5, 5.41) is 3.35. The number of nitrogens with zero attached hydrogens (tertiary/aromatic N) is 2. The Hall–Kier alpha value is -1.42. The molecule has 0 aromatic carbocycles. The third-order valence-electron chi connectivity index (χ3n) is 4.20. The molecule has 0 bridgehead atoms. The monoisotopic (exact) mass is 261 g/mol. The van der Waals surface area contributed by atoms with E-state index in [0.717, 1.165) is 32.4 Å². The number of carbonyl (C=O) groups is 1. The fourth-order valence-corrected chi connectivity index (χ4v) is 2.46. The highest BCUT2D eigenvalue weighted by atomic mass is 16.2. The van der Waals surface area contributed by atoms with Crippen LogP contribution in [-0.4, -0.2) is 41.5 Å². The van der Waals surface area contributed by atoms with Crippen LogP contribution in [0.5, 0.6) is 0 Å². The van der Waals surface area contributed by atoms with Crippen LogP contribution in [0.3, 0.4) is 0 Å². The Morgan fingerprint density at radius 1 is 1.37 bits per heavy atom. The van der Waals surface area contributed by atoms with Gasteiger partial charge in [0.25, 0.3) is 0 Å². The largest absolute Gasteiger partial charge is 0.343 e. The molecule has 104 valence electrons. The van der Waals surface area contributed by atoms with Crippen molar-refractivity contribution in [3.8, 4) is 0 Å². The van der Waals surface area contributed by atoms with Crippen molar-refractivity contribution in [3.63, 3.8) is 0 Å². The lowest BCUT2D eigenvalue weighted by atomic mass is 9.90. The van der Waals surface area contributed by atoms with Crippen molar-refractivity contribution in [2.75, 3.05) is 20.1 Å². The average Bonchev–Trinajstić information content (AvgIpc) is 2.47. The Kier molecular flexibility index (Phi) is 4.53. The Morgan fingerprint density at radius 3 is 2.58 bits per heavy atom. The standard InChI is InChI=1S/C15H23N3O/c1-15(16-2)7-11-18(12-8-15)14(19)4-3-13-5-9-17-10-6-13/h5-6,9-10,16H,3-4,7-8,11-12H2,1-2H3. The number of hydrogen-bond acceptors (Lipinski definition) is 3. The lowest BCUT2D eigenvalue weighted by Gasteiger charge is -2.39. The molecule has 4 nitrogen and oxygen atoms in total. The van der Waals surface area contributed by atoms with E-state index in [2.05, 4.69) is 17.2 Å². The summed E-state index contributed by atoms with van der Waals surface area (Å²) in [6.45, 7) is 3.96. The molecule has 2 heterocycles.